The summed E-state index contributed by atoms with van der Waals surface area (Å²) in [7, 11) is 0. The van der Waals surface area contributed by atoms with Crippen molar-refractivity contribution in [3.8, 4) is 0 Å². The Labute approximate surface area is 173 Å². The van der Waals surface area contributed by atoms with Gasteiger partial charge in [-0.2, -0.15) is 4.57 Å². The molecule has 1 aromatic heterocycles. The van der Waals surface area contributed by atoms with Gasteiger partial charge in [-0.25, -0.2) is 9.59 Å². The van der Waals surface area contributed by atoms with Crippen molar-refractivity contribution in [2.75, 3.05) is 19.8 Å². The van der Waals surface area contributed by atoms with Crippen LogP contribution in [0.15, 0.2) is 24.5 Å². The van der Waals surface area contributed by atoms with Gasteiger partial charge in [0.25, 0.3) is 17.7 Å². The van der Waals surface area contributed by atoms with Gasteiger partial charge >= 0.3 is 12.1 Å². The molecule has 0 aliphatic rings. The van der Waals surface area contributed by atoms with E-state index in [0.29, 0.717) is 6.42 Å². The second-order valence-electron chi connectivity index (χ2n) is 6.56. The lowest BCUT2D eigenvalue weighted by Gasteiger charge is -2.18. The summed E-state index contributed by atoms with van der Waals surface area (Å²) in [5, 5.41) is 14.1. The summed E-state index contributed by atoms with van der Waals surface area (Å²) >= 11 is 0. The molecule has 2 amide bonds. The third kappa shape index (κ3) is 9.66. The molecule has 0 fully saturated rings. The van der Waals surface area contributed by atoms with Crippen molar-refractivity contribution in [1.29, 1.82) is 0 Å². The molecule has 0 aliphatic heterocycles. The minimum atomic E-state index is -0.946. The van der Waals surface area contributed by atoms with Crippen LogP contribution in [0.4, 0.5) is 4.79 Å². The third-order valence-corrected chi connectivity index (χ3v) is 3.62. The lowest BCUT2D eigenvalue weighted by atomic mass is 10.0. The summed E-state index contributed by atoms with van der Waals surface area (Å²) in [6.45, 7) is 5.19. The highest BCUT2D eigenvalue weighted by Gasteiger charge is 2.24. The molecule has 0 spiro atoms. The molecule has 1 aromatic rings. The highest BCUT2D eigenvalue weighted by molar-refractivity contribution is 5.93. The first kappa shape index (κ1) is 24.6. The molecular formula is C18H27N4O8+. The topological polar surface area (TPSA) is 150 Å². The fraction of sp³-hybridized carbons (Fsp3) is 0.556. The quantitative estimate of drug-likeness (QED) is 0.162. The Balaban J connectivity index is 2.57. The first-order valence-corrected chi connectivity index (χ1v) is 9.37. The van der Waals surface area contributed by atoms with Gasteiger partial charge in [-0.15, -0.1) is 10.1 Å². The standard InChI is InChI=1S/C18H26N4O8/c1-4-28-17(24)15(10-13(2)3)20-18(25)29-12-21-8-5-6-14(11-21)16(23)19-7-9-30-22(26)27/h5-6,8,11,13,15H,4,7,9-10,12H2,1-3H3,(H-,19,20,23,25)/p+1. The molecular weight excluding hydrogens is 400 g/mol. The zero-order chi connectivity index (χ0) is 22.5. The second kappa shape index (κ2) is 12.9. The number of hydrogen-bond donors (Lipinski definition) is 2. The normalized spacial score (nSPS) is 11.3. The van der Waals surface area contributed by atoms with Crippen LogP contribution in [0, 0.1) is 16.0 Å². The van der Waals surface area contributed by atoms with Gasteiger partial charge in [-0.1, -0.05) is 13.8 Å². The molecule has 12 nitrogen and oxygen atoms in total. The molecule has 12 heteroatoms. The number of aromatic nitrogens is 1. The number of pyridine rings is 1. The molecule has 0 bridgehead atoms. The number of ether oxygens (including phenoxy) is 2. The van der Waals surface area contributed by atoms with Gasteiger partial charge in [-0.05, 0) is 25.3 Å². The smallest absolute Gasteiger partial charge is 0.412 e. The Bertz CT molecular complexity index is 741. The third-order valence-electron chi connectivity index (χ3n) is 3.62. The molecule has 30 heavy (non-hydrogen) atoms. The van der Waals surface area contributed by atoms with E-state index in [-0.39, 0.29) is 38.0 Å². The maximum absolute atomic E-state index is 12.1. The lowest BCUT2D eigenvalue weighted by Crippen LogP contribution is -2.45. The van der Waals surface area contributed by atoms with Crippen molar-refractivity contribution >= 4 is 18.0 Å². The Morgan fingerprint density at radius 2 is 2.00 bits per heavy atom. The Hall–Kier alpha value is -3.44. The van der Waals surface area contributed by atoms with Crippen molar-refractivity contribution < 1.29 is 38.3 Å². The molecule has 166 valence electrons. The van der Waals surface area contributed by atoms with Crippen LogP contribution in [0.1, 0.15) is 37.6 Å². The van der Waals surface area contributed by atoms with Gasteiger partial charge < -0.3 is 24.9 Å². The monoisotopic (exact) mass is 427 g/mol. The van der Waals surface area contributed by atoms with Gasteiger partial charge in [0.2, 0.25) is 0 Å². The number of carbonyl (C=O) groups is 3. The van der Waals surface area contributed by atoms with Crippen molar-refractivity contribution in [3.05, 3.63) is 40.2 Å². The molecule has 0 aromatic carbocycles. The van der Waals surface area contributed by atoms with Crippen LogP contribution in [0.5, 0.6) is 0 Å². The fourth-order valence-corrected chi connectivity index (χ4v) is 2.37. The summed E-state index contributed by atoms with van der Waals surface area (Å²) in [6, 6.07) is 2.28. The SMILES string of the molecule is CCOC(=O)C(CC(C)C)NC(=O)OC[n+]1cccc(C(=O)NCCO[N+](=O)[O-])c1. The average molecular weight is 427 g/mol. The average Bonchev–Trinajstić information content (AvgIpc) is 2.69. The van der Waals surface area contributed by atoms with E-state index in [1.54, 1.807) is 19.2 Å². The van der Waals surface area contributed by atoms with Crippen molar-refractivity contribution in [1.82, 2.24) is 10.6 Å². The van der Waals surface area contributed by atoms with Crippen LogP contribution in [0.2, 0.25) is 0 Å². The number of carbonyl (C=O) groups excluding carboxylic acids is 3. The Morgan fingerprint density at radius 1 is 1.27 bits per heavy atom. The van der Waals surface area contributed by atoms with E-state index in [9.17, 15) is 24.5 Å². The molecule has 1 heterocycles. The van der Waals surface area contributed by atoms with Gasteiger partial charge in [0.05, 0.1) is 6.61 Å². The molecule has 1 rings (SSSR count). The summed E-state index contributed by atoms with van der Waals surface area (Å²) in [5.74, 6) is -0.851. The fourth-order valence-electron chi connectivity index (χ4n) is 2.37. The van der Waals surface area contributed by atoms with Crippen LogP contribution < -0.4 is 15.2 Å². The first-order valence-electron chi connectivity index (χ1n) is 9.37. The molecule has 0 aliphatic carbocycles. The first-order chi connectivity index (χ1) is 14.2. The summed E-state index contributed by atoms with van der Waals surface area (Å²) < 4.78 is 11.5. The summed E-state index contributed by atoms with van der Waals surface area (Å²) in [4.78, 5) is 50.2. The predicted molar refractivity (Wildman–Crippen MR) is 101 cm³/mol. The minimum Gasteiger partial charge on any atom is -0.464 e. The van der Waals surface area contributed by atoms with Gasteiger partial charge in [-0.3, -0.25) is 4.79 Å². The van der Waals surface area contributed by atoms with Crippen LogP contribution >= 0.6 is 0 Å². The van der Waals surface area contributed by atoms with Crippen LogP contribution in [0.25, 0.3) is 0 Å². The molecule has 0 saturated heterocycles. The highest BCUT2D eigenvalue weighted by atomic mass is 16.9. The summed E-state index contributed by atoms with van der Waals surface area (Å²) in [5.41, 5.74) is 0.256. The van der Waals surface area contributed by atoms with E-state index in [1.165, 1.54) is 16.8 Å². The van der Waals surface area contributed by atoms with Gasteiger partial charge in [0.15, 0.2) is 12.4 Å². The number of rotatable bonds is 12. The van der Waals surface area contributed by atoms with Crippen molar-refractivity contribution in [2.45, 2.75) is 40.0 Å². The van der Waals surface area contributed by atoms with E-state index in [0.717, 1.165) is 0 Å². The number of nitrogens with one attached hydrogen (secondary N) is 2. The molecule has 2 N–H and O–H groups in total. The van der Waals surface area contributed by atoms with E-state index < -0.39 is 29.1 Å². The molecule has 1 atom stereocenters. The van der Waals surface area contributed by atoms with E-state index in [2.05, 4.69) is 15.5 Å². The lowest BCUT2D eigenvalue weighted by molar-refractivity contribution is -0.757. The zero-order valence-corrected chi connectivity index (χ0v) is 17.2. The minimum absolute atomic E-state index is 0.0429. The maximum atomic E-state index is 12.1. The molecule has 1 unspecified atom stereocenters. The number of amides is 2. The van der Waals surface area contributed by atoms with Crippen LogP contribution in [0.3, 0.4) is 0 Å². The second-order valence-corrected chi connectivity index (χ2v) is 6.56. The van der Waals surface area contributed by atoms with E-state index in [4.69, 9.17) is 9.47 Å². The number of alkyl carbamates (subject to hydrolysis) is 1. The predicted octanol–water partition coefficient (Wildman–Crippen LogP) is 0.574. The largest absolute Gasteiger partial charge is 0.464 e. The Morgan fingerprint density at radius 3 is 2.63 bits per heavy atom. The highest BCUT2D eigenvalue weighted by Crippen LogP contribution is 2.07. The van der Waals surface area contributed by atoms with E-state index >= 15 is 0 Å². The van der Waals surface area contributed by atoms with Crippen molar-refractivity contribution in [2.24, 2.45) is 5.92 Å². The number of nitrogens with zero attached hydrogens (tertiary/aromatic N) is 2. The Kier molecular flexibility index (Phi) is 10.6. The van der Waals surface area contributed by atoms with E-state index in [1.807, 2.05) is 13.8 Å². The maximum Gasteiger partial charge on any atom is 0.412 e. The number of hydrogen-bond acceptors (Lipinski definition) is 8. The summed E-state index contributed by atoms with van der Waals surface area (Å²) in [6.07, 6.45) is 2.62. The molecule has 0 saturated carbocycles. The molecule has 0 radical (unpaired) electrons. The number of esters is 1. The van der Waals surface area contributed by atoms with Crippen LogP contribution in [-0.4, -0.2) is 48.9 Å². The van der Waals surface area contributed by atoms with Gasteiger partial charge in [0, 0.05) is 12.6 Å². The van der Waals surface area contributed by atoms with Gasteiger partial charge in [0.1, 0.15) is 18.2 Å². The van der Waals surface area contributed by atoms with Crippen molar-refractivity contribution in [3.63, 3.8) is 0 Å². The zero-order valence-electron chi connectivity index (χ0n) is 17.2. The van der Waals surface area contributed by atoms with Crippen LogP contribution in [-0.2, 0) is 25.8 Å².